The average molecular weight is 442 g/mol. The van der Waals surface area contributed by atoms with Crippen LogP contribution in [0.5, 0.6) is 0 Å². The van der Waals surface area contributed by atoms with Crippen LogP contribution in [0.1, 0.15) is 47.2 Å². The number of likely N-dealkylation sites (tertiary alicyclic amines) is 2. The van der Waals surface area contributed by atoms with Crippen LogP contribution in [0, 0.1) is 13.8 Å². The maximum Gasteiger partial charge on any atom is 0.262 e. The van der Waals surface area contributed by atoms with Gasteiger partial charge in [-0.15, -0.1) is 0 Å². The van der Waals surface area contributed by atoms with Crippen LogP contribution in [-0.4, -0.2) is 56.3 Å². The molecule has 6 nitrogen and oxygen atoms in total. The highest BCUT2D eigenvalue weighted by Gasteiger charge is 2.28. The highest BCUT2D eigenvalue weighted by atomic mass is 32.2. The van der Waals surface area contributed by atoms with Gasteiger partial charge in [0.05, 0.1) is 4.90 Å². The van der Waals surface area contributed by atoms with Crippen molar-refractivity contribution >= 4 is 21.6 Å². The molecule has 0 bridgehead atoms. The van der Waals surface area contributed by atoms with Gasteiger partial charge in [0.1, 0.15) is 0 Å². The van der Waals surface area contributed by atoms with Crippen LogP contribution in [0.15, 0.2) is 47.4 Å². The van der Waals surface area contributed by atoms with E-state index in [1.807, 2.05) is 17.9 Å². The van der Waals surface area contributed by atoms with Crippen LogP contribution in [0.2, 0.25) is 0 Å². The largest absolute Gasteiger partial charge is 0.339 e. The molecule has 0 saturated carbocycles. The molecular weight excluding hydrogens is 410 g/mol. The fraction of sp³-hybridized carbons (Fsp3) is 0.458. The van der Waals surface area contributed by atoms with E-state index >= 15 is 0 Å². The fourth-order valence-corrected chi connectivity index (χ4v) is 6.00. The lowest BCUT2D eigenvalue weighted by atomic mass is 10.0. The quantitative estimate of drug-likeness (QED) is 0.766. The van der Waals surface area contributed by atoms with Crippen LogP contribution in [0.25, 0.3) is 0 Å². The topological polar surface area (TPSA) is 69.7 Å². The van der Waals surface area contributed by atoms with Crippen molar-refractivity contribution in [3.8, 4) is 0 Å². The third-order valence-electron chi connectivity index (χ3n) is 6.43. The van der Waals surface area contributed by atoms with Crippen LogP contribution >= 0.6 is 0 Å². The number of piperidine rings is 1. The number of benzene rings is 2. The summed E-state index contributed by atoms with van der Waals surface area (Å²) < 4.78 is 28.2. The second-order valence-corrected chi connectivity index (χ2v) is 10.4. The summed E-state index contributed by atoms with van der Waals surface area (Å²) in [5.74, 6) is 0.0174. The summed E-state index contributed by atoms with van der Waals surface area (Å²) in [5.41, 5.74) is 2.63. The first-order chi connectivity index (χ1) is 14.8. The van der Waals surface area contributed by atoms with Crippen molar-refractivity contribution in [2.75, 3.05) is 30.9 Å². The molecule has 0 aromatic heterocycles. The lowest BCUT2D eigenvalue weighted by molar-refractivity contribution is 0.0644. The molecule has 0 radical (unpaired) electrons. The fourth-order valence-electron chi connectivity index (χ4n) is 4.61. The molecule has 2 saturated heterocycles. The summed E-state index contributed by atoms with van der Waals surface area (Å²) in [6, 6.07) is 12.7. The van der Waals surface area contributed by atoms with Crippen molar-refractivity contribution in [3.05, 3.63) is 59.2 Å². The van der Waals surface area contributed by atoms with Crippen molar-refractivity contribution in [1.29, 1.82) is 0 Å². The van der Waals surface area contributed by atoms with Crippen LogP contribution in [0.4, 0.5) is 5.69 Å². The van der Waals surface area contributed by atoms with Crippen molar-refractivity contribution in [2.45, 2.75) is 50.5 Å². The Labute approximate surface area is 185 Å². The Hall–Kier alpha value is -2.38. The first-order valence-corrected chi connectivity index (χ1v) is 12.6. The lowest BCUT2D eigenvalue weighted by Crippen LogP contribution is -2.45. The van der Waals surface area contributed by atoms with Gasteiger partial charge in [-0.05, 0) is 94.1 Å². The van der Waals surface area contributed by atoms with Crippen molar-refractivity contribution in [1.82, 2.24) is 9.80 Å². The van der Waals surface area contributed by atoms with E-state index in [0.29, 0.717) is 22.9 Å². The minimum Gasteiger partial charge on any atom is -0.339 e. The molecule has 166 valence electrons. The molecule has 0 aliphatic carbocycles. The van der Waals surface area contributed by atoms with Gasteiger partial charge in [-0.3, -0.25) is 9.52 Å². The predicted molar refractivity (Wildman–Crippen MR) is 123 cm³/mol. The monoisotopic (exact) mass is 441 g/mol. The molecule has 1 N–H and O–H groups in total. The minimum absolute atomic E-state index is 0.0174. The minimum atomic E-state index is -3.68. The Kier molecular flexibility index (Phi) is 6.34. The van der Waals surface area contributed by atoms with E-state index in [0.717, 1.165) is 31.5 Å². The smallest absolute Gasteiger partial charge is 0.262 e. The van der Waals surface area contributed by atoms with E-state index in [9.17, 15) is 13.2 Å². The molecular formula is C24H31N3O3S. The Morgan fingerprint density at radius 3 is 2.23 bits per heavy atom. The van der Waals surface area contributed by atoms with E-state index in [-0.39, 0.29) is 10.8 Å². The van der Waals surface area contributed by atoms with E-state index in [1.54, 1.807) is 43.3 Å². The van der Waals surface area contributed by atoms with E-state index < -0.39 is 10.0 Å². The van der Waals surface area contributed by atoms with Gasteiger partial charge in [-0.25, -0.2) is 8.42 Å². The zero-order chi connectivity index (χ0) is 22.0. The number of amides is 1. The van der Waals surface area contributed by atoms with Crippen molar-refractivity contribution in [2.24, 2.45) is 0 Å². The van der Waals surface area contributed by atoms with E-state index in [4.69, 9.17) is 0 Å². The van der Waals surface area contributed by atoms with E-state index in [1.165, 1.54) is 25.9 Å². The SMILES string of the molecule is Cc1ccc(C)c(S(=O)(=O)Nc2ccc(C(=O)N3CCC(N4CCCC4)CC3)cc2)c1. The first kappa shape index (κ1) is 21.8. The number of carbonyl (C=O) groups is 1. The molecule has 2 aliphatic rings. The lowest BCUT2D eigenvalue weighted by Gasteiger charge is -2.36. The van der Waals surface area contributed by atoms with Crippen molar-refractivity contribution in [3.63, 3.8) is 0 Å². The maximum absolute atomic E-state index is 12.9. The second kappa shape index (κ2) is 9.01. The Morgan fingerprint density at radius 2 is 1.58 bits per heavy atom. The molecule has 7 heteroatoms. The molecule has 1 amide bonds. The van der Waals surface area contributed by atoms with Gasteiger partial charge < -0.3 is 9.80 Å². The van der Waals surface area contributed by atoms with Crippen LogP contribution in [-0.2, 0) is 10.0 Å². The van der Waals surface area contributed by atoms with Gasteiger partial charge in [-0.1, -0.05) is 12.1 Å². The van der Waals surface area contributed by atoms with Gasteiger partial charge in [0.2, 0.25) is 0 Å². The Bertz CT molecular complexity index is 1040. The number of hydrogen-bond acceptors (Lipinski definition) is 4. The highest BCUT2D eigenvalue weighted by Crippen LogP contribution is 2.24. The molecule has 2 heterocycles. The zero-order valence-electron chi connectivity index (χ0n) is 18.3. The second-order valence-electron chi connectivity index (χ2n) is 8.72. The number of nitrogens with one attached hydrogen (secondary N) is 1. The summed E-state index contributed by atoms with van der Waals surface area (Å²) >= 11 is 0. The standard InChI is InChI=1S/C24H31N3O3S/c1-18-5-6-19(2)23(17-18)31(29,30)25-21-9-7-20(8-10-21)24(28)27-15-11-22(12-16-27)26-13-3-4-14-26/h5-10,17,22,25H,3-4,11-16H2,1-2H3. The number of aryl methyl sites for hydroxylation is 2. The molecule has 0 unspecified atom stereocenters. The summed E-state index contributed by atoms with van der Waals surface area (Å²) in [5, 5.41) is 0. The molecule has 4 rings (SSSR count). The molecule has 0 spiro atoms. The molecule has 2 aliphatic heterocycles. The van der Waals surface area contributed by atoms with E-state index in [2.05, 4.69) is 9.62 Å². The Morgan fingerprint density at radius 1 is 0.935 bits per heavy atom. The summed E-state index contributed by atoms with van der Waals surface area (Å²) in [7, 11) is -3.68. The zero-order valence-corrected chi connectivity index (χ0v) is 19.1. The third-order valence-corrected chi connectivity index (χ3v) is 7.95. The number of hydrogen-bond donors (Lipinski definition) is 1. The molecule has 2 aromatic rings. The maximum atomic E-state index is 12.9. The summed E-state index contributed by atoms with van der Waals surface area (Å²) in [4.78, 5) is 17.7. The number of rotatable bonds is 5. The van der Waals surface area contributed by atoms with Gasteiger partial charge in [0, 0.05) is 30.4 Å². The van der Waals surface area contributed by atoms with Gasteiger partial charge >= 0.3 is 0 Å². The third kappa shape index (κ3) is 4.93. The summed E-state index contributed by atoms with van der Waals surface area (Å²) in [6.45, 7) is 7.59. The average Bonchev–Trinajstić information content (AvgIpc) is 3.30. The molecule has 31 heavy (non-hydrogen) atoms. The van der Waals surface area contributed by atoms with Gasteiger partial charge in [-0.2, -0.15) is 0 Å². The van der Waals surface area contributed by atoms with Gasteiger partial charge in [0.15, 0.2) is 0 Å². The molecule has 2 fully saturated rings. The number of sulfonamides is 1. The summed E-state index contributed by atoms with van der Waals surface area (Å²) in [6.07, 6.45) is 4.64. The van der Waals surface area contributed by atoms with Crippen LogP contribution in [0.3, 0.4) is 0 Å². The van der Waals surface area contributed by atoms with Crippen molar-refractivity contribution < 1.29 is 13.2 Å². The number of anilines is 1. The molecule has 2 aromatic carbocycles. The Balaban J connectivity index is 1.39. The highest BCUT2D eigenvalue weighted by molar-refractivity contribution is 7.92. The molecule has 0 atom stereocenters. The number of nitrogens with zero attached hydrogens (tertiary/aromatic N) is 2. The first-order valence-electron chi connectivity index (χ1n) is 11.1. The van der Waals surface area contributed by atoms with Gasteiger partial charge in [0.25, 0.3) is 15.9 Å². The van der Waals surface area contributed by atoms with Crippen LogP contribution < -0.4 is 4.72 Å². The normalized spacial score (nSPS) is 18.3. The number of carbonyl (C=O) groups excluding carboxylic acids is 1. The predicted octanol–water partition coefficient (Wildman–Crippen LogP) is 3.80.